The van der Waals surface area contributed by atoms with Crippen molar-refractivity contribution in [3.05, 3.63) is 52.5 Å². The molecule has 3 heterocycles. The van der Waals surface area contributed by atoms with Gasteiger partial charge in [-0.1, -0.05) is 30.3 Å². The normalized spacial score (nSPS) is 26.2. The van der Waals surface area contributed by atoms with Crippen LogP contribution >= 0.6 is 11.3 Å². The lowest BCUT2D eigenvalue weighted by atomic mass is 9.86. The number of rotatable bonds is 4. The molecule has 0 radical (unpaired) electrons. The van der Waals surface area contributed by atoms with Gasteiger partial charge >= 0.3 is 0 Å². The second kappa shape index (κ2) is 7.23. The molecule has 25 heavy (non-hydrogen) atoms. The minimum atomic E-state index is -0.368. The average Bonchev–Trinajstić information content (AvgIpc) is 3.34. The molecule has 1 aromatic heterocycles. The Morgan fingerprint density at radius 3 is 3.00 bits per heavy atom. The van der Waals surface area contributed by atoms with Gasteiger partial charge in [0.25, 0.3) is 5.91 Å². The fourth-order valence-corrected chi connectivity index (χ4v) is 4.38. The van der Waals surface area contributed by atoms with Crippen LogP contribution in [0.25, 0.3) is 0 Å². The molecule has 0 bridgehead atoms. The maximum absolute atomic E-state index is 12.7. The molecule has 1 amide bonds. The van der Waals surface area contributed by atoms with Gasteiger partial charge in [0.05, 0.1) is 31.0 Å². The van der Waals surface area contributed by atoms with Gasteiger partial charge in [-0.3, -0.25) is 9.78 Å². The Balaban J connectivity index is 1.46. The minimum absolute atomic E-state index is 0.0284. The van der Waals surface area contributed by atoms with Crippen LogP contribution in [-0.4, -0.2) is 47.2 Å². The molecule has 1 aromatic carbocycles. The van der Waals surface area contributed by atoms with E-state index in [0.717, 1.165) is 25.9 Å². The summed E-state index contributed by atoms with van der Waals surface area (Å²) in [7, 11) is 0. The zero-order valence-electron chi connectivity index (χ0n) is 14.1. The highest BCUT2D eigenvalue weighted by atomic mass is 32.1. The lowest BCUT2D eigenvalue weighted by Gasteiger charge is -2.45. The number of aromatic nitrogens is 1. The topological polar surface area (TPSA) is 51.7 Å². The van der Waals surface area contributed by atoms with Crippen LogP contribution in [0.2, 0.25) is 0 Å². The van der Waals surface area contributed by atoms with Gasteiger partial charge in [-0.2, -0.15) is 0 Å². The van der Waals surface area contributed by atoms with Gasteiger partial charge in [0.2, 0.25) is 0 Å². The summed E-state index contributed by atoms with van der Waals surface area (Å²) in [5.74, 6) is 0.0545. The van der Waals surface area contributed by atoms with E-state index in [1.165, 1.54) is 16.9 Å². The van der Waals surface area contributed by atoms with Crippen molar-refractivity contribution in [2.24, 2.45) is 0 Å². The summed E-state index contributed by atoms with van der Waals surface area (Å²) >= 11 is 1.39. The van der Waals surface area contributed by atoms with Crippen LogP contribution in [0.4, 0.5) is 0 Å². The van der Waals surface area contributed by atoms with Crippen LogP contribution in [0.15, 0.2) is 42.0 Å². The number of benzene rings is 1. The Morgan fingerprint density at radius 1 is 1.40 bits per heavy atom. The molecule has 2 atom stereocenters. The lowest BCUT2D eigenvalue weighted by molar-refractivity contribution is -0.153. The SMILES string of the molecule is O=C(c1cncs1)N1CC[C@H](OCc2ccccc2)[C@]2(CCCO2)C1. The van der Waals surface area contributed by atoms with Crippen molar-refractivity contribution in [1.82, 2.24) is 9.88 Å². The quantitative estimate of drug-likeness (QED) is 0.843. The van der Waals surface area contributed by atoms with Gasteiger partial charge in [-0.15, -0.1) is 11.3 Å². The van der Waals surface area contributed by atoms with Crippen molar-refractivity contribution in [2.75, 3.05) is 19.7 Å². The van der Waals surface area contributed by atoms with Gasteiger partial charge in [0, 0.05) is 13.2 Å². The van der Waals surface area contributed by atoms with Gasteiger partial charge in [0.15, 0.2) is 0 Å². The molecule has 4 rings (SSSR count). The van der Waals surface area contributed by atoms with E-state index in [9.17, 15) is 4.79 Å². The molecule has 0 aliphatic carbocycles. The van der Waals surface area contributed by atoms with Crippen LogP contribution in [0.1, 0.15) is 34.5 Å². The lowest BCUT2D eigenvalue weighted by Crippen LogP contribution is -2.58. The Hall–Kier alpha value is -1.76. The van der Waals surface area contributed by atoms with Crippen LogP contribution in [-0.2, 0) is 16.1 Å². The van der Waals surface area contributed by atoms with E-state index in [4.69, 9.17) is 9.47 Å². The summed E-state index contributed by atoms with van der Waals surface area (Å²) in [6, 6.07) is 10.2. The molecule has 2 aliphatic rings. The summed E-state index contributed by atoms with van der Waals surface area (Å²) in [6.07, 6.45) is 4.44. The summed E-state index contributed by atoms with van der Waals surface area (Å²) in [5.41, 5.74) is 2.50. The summed E-state index contributed by atoms with van der Waals surface area (Å²) in [4.78, 5) is 19.3. The number of hydrogen-bond acceptors (Lipinski definition) is 5. The van der Waals surface area contributed by atoms with Gasteiger partial charge in [0.1, 0.15) is 10.5 Å². The van der Waals surface area contributed by atoms with Gasteiger partial charge < -0.3 is 14.4 Å². The fourth-order valence-electron chi connectivity index (χ4n) is 3.79. The predicted molar refractivity (Wildman–Crippen MR) is 95.6 cm³/mol. The Bertz CT molecular complexity index is 699. The third kappa shape index (κ3) is 3.47. The van der Waals surface area contributed by atoms with Crippen LogP contribution < -0.4 is 0 Å². The van der Waals surface area contributed by atoms with E-state index in [2.05, 4.69) is 17.1 Å². The molecule has 6 heteroatoms. The molecule has 1 spiro atoms. The number of amides is 1. The third-order valence-corrected chi connectivity index (χ3v) is 5.83. The first-order valence-corrected chi connectivity index (χ1v) is 9.62. The molecule has 5 nitrogen and oxygen atoms in total. The monoisotopic (exact) mass is 358 g/mol. The second-order valence-corrected chi connectivity index (χ2v) is 7.57. The standard InChI is InChI=1S/C19H22N2O3S/c22-18(16-11-20-14-25-16)21-9-7-17(19(13-21)8-4-10-24-19)23-12-15-5-2-1-3-6-15/h1-3,5-6,11,14,17H,4,7-10,12-13H2/t17-,19-/m0/s1. The highest BCUT2D eigenvalue weighted by Gasteiger charge is 2.48. The third-order valence-electron chi connectivity index (χ3n) is 5.06. The number of nitrogens with zero attached hydrogens (tertiary/aromatic N) is 2. The van der Waals surface area contributed by atoms with Crippen molar-refractivity contribution < 1.29 is 14.3 Å². The molecule has 132 valence electrons. The van der Waals surface area contributed by atoms with Crippen LogP contribution in [0.3, 0.4) is 0 Å². The smallest absolute Gasteiger partial charge is 0.265 e. The Labute approximate surface area is 151 Å². The van der Waals surface area contributed by atoms with Crippen molar-refractivity contribution in [1.29, 1.82) is 0 Å². The molecule has 0 N–H and O–H groups in total. The number of carbonyl (C=O) groups is 1. The molecule has 2 saturated heterocycles. The van der Waals surface area contributed by atoms with E-state index in [-0.39, 0.29) is 17.6 Å². The second-order valence-electron chi connectivity index (χ2n) is 6.68. The predicted octanol–water partition coefficient (Wildman–Crippen LogP) is 3.12. The highest BCUT2D eigenvalue weighted by Crippen LogP contribution is 2.37. The Morgan fingerprint density at radius 2 is 2.28 bits per heavy atom. The maximum Gasteiger partial charge on any atom is 0.265 e. The van der Waals surface area contributed by atoms with E-state index in [1.54, 1.807) is 11.7 Å². The molecular formula is C19H22N2O3S. The van der Waals surface area contributed by atoms with E-state index in [1.807, 2.05) is 23.1 Å². The van der Waals surface area contributed by atoms with Crippen molar-refractivity contribution in [3.8, 4) is 0 Å². The van der Waals surface area contributed by atoms with Gasteiger partial charge in [-0.25, -0.2) is 0 Å². The number of likely N-dealkylation sites (tertiary alicyclic amines) is 1. The molecule has 2 aromatic rings. The summed E-state index contributed by atoms with van der Waals surface area (Å²) < 4.78 is 12.4. The minimum Gasteiger partial charge on any atom is -0.370 e. The first kappa shape index (κ1) is 16.7. The molecule has 0 saturated carbocycles. The van der Waals surface area contributed by atoms with E-state index in [0.29, 0.717) is 24.6 Å². The van der Waals surface area contributed by atoms with E-state index >= 15 is 0 Å². The average molecular weight is 358 g/mol. The molecule has 0 unspecified atom stereocenters. The van der Waals surface area contributed by atoms with Crippen molar-refractivity contribution in [3.63, 3.8) is 0 Å². The fraction of sp³-hybridized carbons (Fsp3) is 0.474. The summed E-state index contributed by atoms with van der Waals surface area (Å²) in [6.45, 7) is 2.62. The zero-order valence-corrected chi connectivity index (χ0v) is 14.9. The largest absolute Gasteiger partial charge is 0.370 e. The van der Waals surface area contributed by atoms with Gasteiger partial charge in [-0.05, 0) is 24.8 Å². The van der Waals surface area contributed by atoms with Crippen LogP contribution in [0, 0.1) is 0 Å². The van der Waals surface area contributed by atoms with Crippen molar-refractivity contribution >= 4 is 17.2 Å². The van der Waals surface area contributed by atoms with E-state index < -0.39 is 0 Å². The first-order valence-electron chi connectivity index (χ1n) is 8.74. The summed E-state index contributed by atoms with van der Waals surface area (Å²) in [5, 5.41) is 0. The number of piperidine rings is 1. The first-order chi connectivity index (χ1) is 12.3. The maximum atomic E-state index is 12.7. The Kier molecular flexibility index (Phi) is 4.83. The number of ether oxygens (including phenoxy) is 2. The molecule has 2 fully saturated rings. The molecular weight excluding hydrogens is 336 g/mol. The number of carbonyl (C=O) groups excluding carboxylic acids is 1. The zero-order chi connectivity index (χ0) is 17.1. The number of hydrogen-bond donors (Lipinski definition) is 0. The highest BCUT2D eigenvalue weighted by molar-refractivity contribution is 7.11. The number of thiazole rings is 1. The molecule has 2 aliphatic heterocycles. The van der Waals surface area contributed by atoms with Crippen LogP contribution in [0.5, 0.6) is 0 Å². The van der Waals surface area contributed by atoms with Crippen molar-refractivity contribution in [2.45, 2.75) is 37.6 Å².